The molecule has 0 spiro atoms. The lowest BCUT2D eigenvalue weighted by Gasteiger charge is -2.09. The SMILES string of the molecule is Cc1ccc(NC(=O)c2ccc(=O)n(CCC(=O)Nc3nc4ccc(Cl)cc4s3)n2)cc1C. The molecule has 0 aliphatic heterocycles. The number of rotatable bonds is 6. The van der Waals surface area contributed by atoms with Crippen LogP contribution < -0.4 is 16.2 Å². The summed E-state index contributed by atoms with van der Waals surface area (Å²) in [5, 5.41) is 10.7. The number of aromatic nitrogens is 3. The van der Waals surface area contributed by atoms with Crippen LogP contribution in [0.15, 0.2) is 53.3 Å². The van der Waals surface area contributed by atoms with Gasteiger partial charge in [0, 0.05) is 23.2 Å². The first kappa shape index (κ1) is 22.6. The van der Waals surface area contributed by atoms with Gasteiger partial charge in [-0.25, -0.2) is 9.67 Å². The number of benzene rings is 2. The maximum Gasteiger partial charge on any atom is 0.276 e. The number of thiazole rings is 1. The molecule has 0 saturated carbocycles. The highest BCUT2D eigenvalue weighted by atomic mass is 35.5. The number of aryl methyl sites for hydroxylation is 3. The zero-order valence-electron chi connectivity index (χ0n) is 17.9. The van der Waals surface area contributed by atoms with Crippen LogP contribution in [0.4, 0.5) is 10.8 Å². The molecule has 2 heterocycles. The maximum atomic E-state index is 12.6. The lowest BCUT2D eigenvalue weighted by atomic mass is 10.1. The van der Waals surface area contributed by atoms with Crippen molar-refractivity contribution >= 4 is 55.8 Å². The van der Waals surface area contributed by atoms with Crippen molar-refractivity contribution in [1.82, 2.24) is 14.8 Å². The minimum Gasteiger partial charge on any atom is -0.321 e. The average Bonchev–Trinajstić information content (AvgIpc) is 3.16. The fourth-order valence-electron chi connectivity index (χ4n) is 3.09. The van der Waals surface area contributed by atoms with Gasteiger partial charge in [-0.05, 0) is 61.4 Å². The van der Waals surface area contributed by atoms with E-state index >= 15 is 0 Å². The third-order valence-corrected chi connectivity index (χ3v) is 6.18. The van der Waals surface area contributed by atoms with Gasteiger partial charge in [0.15, 0.2) is 5.13 Å². The van der Waals surface area contributed by atoms with E-state index in [-0.39, 0.29) is 24.6 Å². The monoisotopic (exact) mass is 481 g/mol. The minimum absolute atomic E-state index is 0.00812. The second-order valence-electron chi connectivity index (χ2n) is 7.46. The van der Waals surface area contributed by atoms with E-state index in [2.05, 4.69) is 20.7 Å². The largest absolute Gasteiger partial charge is 0.321 e. The molecule has 2 aromatic carbocycles. The van der Waals surface area contributed by atoms with Crippen LogP contribution in [0.3, 0.4) is 0 Å². The van der Waals surface area contributed by atoms with E-state index in [1.54, 1.807) is 24.3 Å². The van der Waals surface area contributed by atoms with E-state index in [9.17, 15) is 14.4 Å². The normalized spacial score (nSPS) is 10.9. The van der Waals surface area contributed by atoms with Gasteiger partial charge >= 0.3 is 0 Å². The molecule has 0 aliphatic carbocycles. The Bertz CT molecular complexity index is 1430. The first-order valence-corrected chi connectivity index (χ1v) is 11.3. The first-order valence-electron chi connectivity index (χ1n) is 10.1. The number of hydrogen-bond donors (Lipinski definition) is 2. The number of fused-ring (bicyclic) bond motifs is 1. The van der Waals surface area contributed by atoms with Crippen molar-refractivity contribution < 1.29 is 9.59 Å². The van der Waals surface area contributed by atoms with Crippen LogP contribution in [-0.2, 0) is 11.3 Å². The highest BCUT2D eigenvalue weighted by Crippen LogP contribution is 2.28. The summed E-state index contributed by atoms with van der Waals surface area (Å²) >= 11 is 7.29. The van der Waals surface area contributed by atoms with Gasteiger partial charge in [-0.2, -0.15) is 5.10 Å². The van der Waals surface area contributed by atoms with Crippen LogP contribution in [0.5, 0.6) is 0 Å². The molecule has 0 aliphatic rings. The van der Waals surface area contributed by atoms with Crippen molar-refractivity contribution in [1.29, 1.82) is 0 Å². The van der Waals surface area contributed by atoms with Crippen molar-refractivity contribution in [3.05, 3.63) is 80.7 Å². The van der Waals surface area contributed by atoms with Crippen LogP contribution in [0, 0.1) is 13.8 Å². The lowest BCUT2D eigenvalue weighted by Crippen LogP contribution is -2.28. The molecule has 4 aromatic rings. The number of anilines is 2. The van der Waals surface area contributed by atoms with Gasteiger partial charge in [-0.1, -0.05) is 29.0 Å². The summed E-state index contributed by atoms with van der Waals surface area (Å²) in [5.41, 5.74) is 3.22. The Morgan fingerprint density at radius 3 is 2.64 bits per heavy atom. The van der Waals surface area contributed by atoms with Crippen molar-refractivity contribution in [2.45, 2.75) is 26.8 Å². The standard InChI is InChI=1S/C23H20ClN5O3S/c1-13-3-5-16(11-14(13)2)25-22(32)18-7-8-21(31)29(28-18)10-9-20(30)27-23-26-17-6-4-15(24)12-19(17)33-23/h3-8,11-12H,9-10H2,1-2H3,(H,25,32)(H,26,27,30). The van der Waals surface area contributed by atoms with Gasteiger partial charge in [-0.3, -0.25) is 14.4 Å². The molecule has 8 nitrogen and oxygen atoms in total. The second-order valence-corrected chi connectivity index (χ2v) is 8.93. The second kappa shape index (κ2) is 9.51. The Hall–Kier alpha value is -3.56. The van der Waals surface area contributed by atoms with Crippen molar-refractivity contribution in [2.24, 2.45) is 0 Å². The van der Waals surface area contributed by atoms with Crippen LogP contribution in [0.1, 0.15) is 28.0 Å². The Morgan fingerprint density at radius 2 is 1.85 bits per heavy atom. The summed E-state index contributed by atoms with van der Waals surface area (Å²) < 4.78 is 1.96. The molecule has 0 saturated heterocycles. The number of nitrogens with zero attached hydrogens (tertiary/aromatic N) is 3. The van der Waals surface area contributed by atoms with E-state index in [0.29, 0.717) is 15.8 Å². The van der Waals surface area contributed by atoms with Crippen molar-refractivity contribution in [2.75, 3.05) is 10.6 Å². The zero-order chi connectivity index (χ0) is 23.5. The smallest absolute Gasteiger partial charge is 0.276 e. The Morgan fingerprint density at radius 1 is 1.03 bits per heavy atom. The molecule has 2 amide bonds. The molecule has 10 heteroatoms. The molecule has 0 bridgehead atoms. The van der Waals surface area contributed by atoms with Crippen LogP contribution in [-0.4, -0.2) is 26.6 Å². The van der Waals surface area contributed by atoms with Crippen molar-refractivity contribution in [3.8, 4) is 0 Å². The fraction of sp³-hybridized carbons (Fsp3) is 0.174. The van der Waals surface area contributed by atoms with Gasteiger partial charge in [0.25, 0.3) is 11.5 Å². The summed E-state index contributed by atoms with van der Waals surface area (Å²) in [5.74, 6) is -0.761. The molecule has 0 unspecified atom stereocenters. The molecule has 2 aromatic heterocycles. The highest BCUT2D eigenvalue weighted by Gasteiger charge is 2.13. The quantitative estimate of drug-likeness (QED) is 0.424. The lowest BCUT2D eigenvalue weighted by molar-refractivity contribution is -0.116. The van der Waals surface area contributed by atoms with Gasteiger partial charge in [0.05, 0.1) is 16.8 Å². The first-order chi connectivity index (χ1) is 15.8. The number of halogens is 1. The summed E-state index contributed by atoms with van der Waals surface area (Å²) in [7, 11) is 0. The molecule has 168 valence electrons. The average molecular weight is 482 g/mol. The van der Waals surface area contributed by atoms with Crippen LogP contribution in [0.2, 0.25) is 5.02 Å². The molecule has 0 radical (unpaired) electrons. The Labute approximate surface area is 198 Å². The number of nitrogens with one attached hydrogen (secondary N) is 2. The summed E-state index contributed by atoms with van der Waals surface area (Å²) in [4.78, 5) is 41.5. The molecule has 33 heavy (non-hydrogen) atoms. The third-order valence-electron chi connectivity index (χ3n) is 5.01. The number of carbonyl (C=O) groups is 2. The van der Waals surface area contributed by atoms with Gasteiger partial charge in [0.2, 0.25) is 5.91 Å². The minimum atomic E-state index is -0.440. The van der Waals surface area contributed by atoms with E-state index in [0.717, 1.165) is 26.0 Å². The van der Waals surface area contributed by atoms with E-state index in [1.165, 1.54) is 23.5 Å². The van der Waals surface area contributed by atoms with Gasteiger partial charge in [0.1, 0.15) is 5.69 Å². The van der Waals surface area contributed by atoms with Crippen LogP contribution in [0.25, 0.3) is 10.2 Å². The predicted molar refractivity (Wildman–Crippen MR) is 130 cm³/mol. The molecular weight excluding hydrogens is 462 g/mol. The zero-order valence-corrected chi connectivity index (χ0v) is 19.5. The fourth-order valence-corrected chi connectivity index (χ4v) is 4.24. The third kappa shape index (κ3) is 5.44. The maximum absolute atomic E-state index is 12.6. The molecule has 0 atom stereocenters. The van der Waals surface area contributed by atoms with E-state index in [1.807, 2.05) is 26.0 Å². The molecular formula is C23H20ClN5O3S. The van der Waals surface area contributed by atoms with Crippen molar-refractivity contribution in [3.63, 3.8) is 0 Å². The topological polar surface area (TPSA) is 106 Å². The van der Waals surface area contributed by atoms with E-state index in [4.69, 9.17) is 11.6 Å². The molecule has 2 N–H and O–H groups in total. The Kier molecular flexibility index (Phi) is 6.52. The Balaban J connectivity index is 1.40. The van der Waals surface area contributed by atoms with Gasteiger partial charge < -0.3 is 10.6 Å². The van der Waals surface area contributed by atoms with Crippen LogP contribution >= 0.6 is 22.9 Å². The summed E-state index contributed by atoms with van der Waals surface area (Å²) in [6.45, 7) is 3.96. The summed E-state index contributed by atoms with van der Waals surface area (Å²) in [6, 6.07) is 13.5. The predicted octanol–water partition coefficient (Wildman–Crippen LogP) is 4.40. The molecule has 4 rings (SSSR count). The van der Waals surface area contributed by atoms with Gasteiger partial charge in [-0.15, -0.1) is 0 Å². The molecule has 0 fully saturated rings. The summed E-state index contributed by atoms with van der Waals surface area (Å²) in [6.07, 6.45) is -0.00812. The number of amides is 2. The van der Waals surface area contributed by atoms with E-state index < -0.39 is 11.5 Å². The highest BCUT2D eigenvalue weighted by molar-refractivity contribution is 7.22. The number of carbonyl (C=O) groups excluding carboxylic acids is 2. The number of hydrogen-bond acceptors (Lipinski definition) is 6.